The van der Waals surface area contributed by atoms with Gasteiger partial charge in [-0.05, 0) is 96.3 Å². The second-order valence-corrected chi connectivity index (χ2v) is 18.2. The van der Waals surface area contributed by atoms with Crippen LogP contribution in [0.25, 0.3) is 0 Å². The van der Waals surface area contributed by atoms with Crippen molar-refractivity contribution >= 4 is 11.9 Å². The van der Waals surface area contributed by atoms with Crippen LogP contribution in [-0.4, -0.2) is 46.9 Å². The van der Waals surface area contributed by atoms with Crippen molar-refractivity contribution in [3.05, 3.63) is 85.1 Å². The first kappa shape index (κ1) is 62.0. The monoisotopic (exact) mass is 906 g/mol. The van der Waals surface area contributed by atoms with Gasteiger partial charge in [0.25, 0.3) is 0 Å². The van der Waals surface area contributed by atoms with Crippen LogP contribution in [0.15, 0.2) is 85.1 Å². The molecule has 0 aliphatic carbocycles. The zero-order valence-corrected chi connectivity index (χ0v) is 42.6. The minimum Gasteiger partial charge on any atom is -0.462 e. The van der Waals surface area contributed by atoms with Gasteiger partial charge in [-0.15, -0.1) is 0 Å². The van der Waals surface area contributed by atoms with Gasteiger partial charge in [-0.1, -0.05) is 228 Å². The zero-order chi connectivity index (χ0) is 47.4. The molecule has 6 nitrogen and oxygen atoms in total. The Labute approximate surface area is 402 Å². The minimum absolute atomic E-state index is 0.0334. The fraction of sp³-hybridized carbons (Fsp3) is 0.729. The first-order valence-electron chi connectivity index (χ1n) is 27.3. The summed E-state index contributed by atoms with van der Waals surface area (Å²) in [4.78, 5) is 26.2. The molecule has 65 heavy (non-hydrogen) atoms. The number of nitrogens with one attached hydrogen (secondary N) is 1. The molecule has 0 saturated heterocycles. The number of allylic oxidation sites excluding steroid dienone is 14. The number of aliphatic hydroxyl groups excluding tert-OH is 2. The van der Waals surface area contributed by atoms with Crippen molar-refractivity contribution in [3.8, 4) is 0 Å². The summed E-state index contributed by atoms with van der Waals surface area (Å²) < 4.78 is 5.92. The SMILES string of the molecule is CC/C=C\C/C=C\C/C=C\C/C=C\C/C=C\CCCC(CC(=O)NC(CO)C(O)CCCCCCCCCCCC)OC(=O)CCCCCCCCCCC/C=C\C/C=C\CCCCC. The number of carbonyl (C=O) groups is 2. The minimum atomic E-state index is -0.806. The average Bonchev–Trinajstić information content (AvgIpc) is 3.30. The third-order valence-electron chi connectivity index (χ3n) is 12.0. The molecule has 0 spiro atoms. The molecule has 0 bridgehead atoms. The topological polar surface area (TPSA) is 95.9 Å². The summed E-state index contributed by atoms with van der Waals surface area (Å²) in [6.45, 7) is 6.32. The Kier molecular flexibility index (Phi) is 49.6. The van der Waals surface area contributed by atoms with Crippen LogP contribution >= 0.6 is 0 Å². The molecule has 0 aliphatic rings. The molecule has 3 atom stereocenters. The Hall–Kier alpha value is -2.96. The highest BCUT2D eigenvalue weighted by atomic mass is 16.5. The number of aliphatic hydroxyl groups is 2. The number of amides is 1. The van der Waals surface area contributed by atoms with E-state index in [1.165, 1.54) is 116 Å². The number of hydrogen-bond donors (Lipinski definition) is 3. The normalized spacial score (nSPS) is 13.9. The maximum Gasteiger partial charge on any atom is 0.306 e. The van der Waals surface area contributed by atoms with E-state index in [-0.39, 0.29) is 24.9 Å². The zero-order valence-electron chi connectivity index (χ0n) is 42.6. The van der Waals surface area contributed by atoms with Gasteiger partial charge in [0.2, 0.25) is 5.91 Å². The van der Waals surface area contributed by atoms with Gasteiger partial charge in [-0.3, -0.25) is 9.59 Å². The van der Waals surface area contributed by atoms with Gasteiger partial charge in [0, 0.05) is 6.42 Å². The van der Waals surface area contributed by atoms with Gasteiger partial charge in [-0.25, -0.2) is 0 Å². The van der Waals surface area contributed by atoms with Crippen LogP contribution in [0, 0.1) is 0 Å². The molecule has 0 radical (unpaired) electrons. The third kappa shape index (κ3) is 47.3. The van der Waals surface area contributed by atoms with Gasteiger partial charge < -0.3 is 20.3 Å². The smallest absolute Gasteiger partial charge is 0.306 e. The lowest BCUT2D eigenvalue weighted by molar-refractivity contribution is -0.151. The standard InChI is InChI=1S/C59H103NO5/c1-4-7-10-13-16-19-22-24-26-28-29-31-33-35-37-40-43-46-49-52-59(64)65-55(50-47-44-41-38-36-34-32-30-27-25-23-20-17-14-11-8-5-2)53-58(63)60-56(54-61)57(62)51-48-45-42-39-21-18-15-12-9-6-3/h8,11,16-17,19-20,24-27,32,34,38,41,55-57,61-62H,4-7,9-10,12-15,18,21-23,28-31,33,35-37,39-40,42-54H2,1-3H3,(H,60,63)/b11-8-,19-16-,20-17-,26-24-,27-25-,34-32-,41-38-. The summed E-state index contributed by atoms with van der Waals surface area (Å²) in [6.07, 6.45) is 67.9. The molecule has 0 rings (SSSR count). The Balaban J connectivity index is 4.66. The highest BCUT2D eigenvalue weighted by molar-refractivity contribution is 5.77. The van der Waals surface area contributed by atoms with Crippen molar-refractivity contribution in [2.75, 3.05) is 6.61 Å². The Morgan fingerprint density at radius 3 is 1.32 bits per heavy atom. The molecule has 0 aliphatic heterocycles. The van der Waals surface area contributed by atoms with E-state index in [1.54, 1.807) is 0 Å². The van der Waals surface area contributed by atoms with Gasteiger partial charge in [0.05, 0.1) is 25.2 Å². The summed E-state index contributed by atoms with van der Waals surface area (Å²) in [7, 11) is 0. The third-order valence-corrected chi connectivity index (χ3v) is 12.0. The van der Waals surface area contributed by atoms with Crippen LogP contribution < -0.4 is 5.32 Å². The number of esters is 1. The van der Waals surface area contributed by atoms with Gasteiger partial charge in [-0.2, -0.15) is 0 Å². The Morgan fingerprint density at radius 2 is 0.846 bits per heavy atom. The van der Waals surface area contributed by atoms with E-state index < -0.39 is 18.2 Å². The van der Waals surface area contributed by atoms with E-state index in [0.29, 0.717) is 19.3 Å². The van der Waals surface area contributed by atoms with Crippen LogP contribution in [-0.2, 0) is 14.3 Å². The van der Waals surface area contributed by atoms with Crippen molar-refractivity contribution in [2.45, 2.75) is 270 Å². The van der Waals surface area contributed by atoms with Gasteiger partial charge in [0.15, 0.2) is 0 Å². The quantitative estimate of drug-likeness (QED) is 0.0321. The van der Waals surface area contributed by atoms with E-state index in [4.69, 9.17) is 4.74 Å². The molecule has 0 heterocycles. The summed E-state index contributed by atoms with van der Waals surface area (Å²) in [5.41, 5.74) is 0. The largest absolute Gasteiger partial charge is 0.462 e. The lowest BCUT2D eigenvalue weighted by Crippen LogP contribution is -2.46. The van der Waals surface area contributed by atoms with Crippen molar-refractivity contribution in [2.24, 2.45) is 0 Å². The van der Waals surface area contributed by atoms with E-state index in [1.807, 2.05) is 0 Å². The molecule has 0 aromatic carbocycles. The van der Waals surface area contributed by atoms with E-state index in [2.05, 4.69) is 111 Å². The van der Waals surface area contributed by atoms with E-state index >= 15 is 0 Å². The molecular formula is C59H103NO5. The maximum atomic E-state index is 13.2. The molecule has 1 amide bonds. The average molecular weight is 906 g/mol. The summed E-state index contributed by atoms with van der Waals surface area (Å²) in [5.74, 6) is -0.536. The molecule has 0 aromatic heterocycles. The molecule has 0 saturated carbocycles. The predicted octanol–water partition coefficient (Wildman–Crippen LogP) is 16.7. The number of ether oxygens (including phenoxy) is 1. The van der Waals surface area contributed by atoms with Crippen LogP contribution in [0.1, 0.15) is 252 Å². The van der Waals surface area contributed by atoms with E-state index in [9.17, 15) is 19.8 Å². The second-order valence-electron chi connectivity index (χ2n) is 18.2. The number of carbonyl (C=O) groups excluding carboxylic acids is 2. The highest BCUT2D eigenvalue weighted by Gasteiger charge is 2.24. The number of rotatable bonds is 48. The van der Waals surface area contributed by atoms with Crippen LogP contribution in [0.4, 0.5) is 0 Å². The molecular weight excluding hydrogens is 803 g/mol. The molecule has 3 N–H and O–H groups in total. The maximum absolute atomic E-state index is 13.2. The fourth-order valence-electron chi connectivity index (χ4n) is 7.85. The predicted molar refractivity (Wildman–Crippen MR) is 282 cm³/mol. The van der Waals surface area contributed by atoms with Crippen molar-refractivity contribution < 1.29 is 24.5 Å². The van der Waals surface area contributed by atoms with Crippen molar-refractivity contribution in [1.82, 2.24) is 5.32 Å². The lowest BCUT2D eigenvalue weighted by Gasteiger charge is -2.24. The van der Waals surface area contributed by atoms with Crippen LogP contribution in [0.5, 0.6) is 0 Å². The fourth-order valence-corrected chi connectivity index (χ4v) is 7.85. The molecule has 0 aromatic rings. The first-order chi connectivity index (χ1) is 32.0. The lowest BCUT2D eigenvalue weighted by atomic mass is 10.0. The number of unbranched alkanes of at least 4 members (excludes halogenated alkanes) is 22. The van der Waals surface area contributed by atoms with Crippen LogP contribution in [0.3, 0.4) is 0 Å². The second kappa shape index (κ2) is 52.0. The molecule has 374 valence electrons. The summed E-state index contributed by atoms with van der Waals surface area (Å²) in [6, 6.07) is -0.724. The molecule has 3 unspecified atom stereocenters. The van der Waals surface area contributed by atoms with Crippen molar-refractivity contribution in [1.29, 1.82) is 0 Å². The summed E-state index contributed by atoms with van der Waals surface area (Å²) in [5, 5.41) is 23.7. The summed E-state index contributed by atoms with van der Waals surface area (Å²) >= 11 is 0. The van der Waals surface area contributed by atoms with Crippen molar-refractivity contribution in [3.63, 3.8) is 0 Å². The molecule has 6 heteroatoms. The number of hydrogen-bond acceptors (Lipinski definition) is 5. The van der Waals surface area contributed by atoms with Gasteiger partial charge in [0.1, 0.15) is 6.10 Å². The van der Waals surface area contributed by atoms with E-state index in [0.717, 1.165) is 89.9 Å². The first-order valence-corrected chi connectivity index (χ1v) is 27.3. The van der Waals surface area contributed by atoms with Crippen LogP contribution in [0.2, 0.25) is 0 Å². The molecule has 0 fully saturated rings. The Bertz CT molecular complexity index is 1250. The Morgan fingerprint density at radius 1 is 0.462 bits per heavy atom. The van der Waals surface area contributed by atoms with Gasteiger partial charge >= 0.3 is 5.97 Å². The highest BCUT2D eigenvalue weighted by Crippen LogP contribution is 2.17.